The molecule has 1 saturated heterocycles. The molecule has 0 saturated carbocycles. The first kappa shape index (κ1) is 32.9. The monoisotopic (exact) mass is 630 g/mol. The number of anilines is 1. The van der Waals surface area contributed by atoms with Gasteiger partial charge in [0.25, 0.3) is 0 Å². The minimum absolute atomic E-state index is 0.0809. The lowest BCUT2D eigenvalue weighted by atomic mass is 10.0. The second-order valence-corrected chi connectivity index (χ2v) is 12.2. The molecular weight excluding hydrogens is 596 g/mol. The van der Waals surface area contributed by atoms with Crippen molar-refractivity contribution in [2.24, 2.45) is 10.7 Å². The van der Waals surface area contributed by atoms with Crippen molar-refractivity contribution in [2.75, 3.05) is 38.3 Å². The molecule has 2 heterocycles. The second-order valence-electron chi connectivity index (χ2n) is 10.2. The third-order valence-electron chi connectivity index (χ3n) is 7.29. The molecule has 4 atom stereocenters. The lowest BCUT2D eigenvalue weighted by Gasteiger charge is -2.26. The molecule has 0 aliphatic carbocycles. The Hall–Kier alpha value is -3.96. The van der Waals surface area contributed by atoms with Crippen LogP contribution in [0, 0.1) is 0 Å². The molecule has 0 spiro atoms. The highest BCUT2D eigenvalue weighted by atomic mass is 32.2. The number of aliphatic carboxylic acids is 1. The van der Waals surface area contributed by atoms with E-state index in [1.165, 1.54) is 4.31 Å². The van der Waals surface area contributed by atoms with Gasteiger partial charge >= 0.3 is 5.97 Å². The molecule has 0 radical (unpaired) electrons. The van der Waals surface area contributed by atoms with Gasteiger partial charge in [-0.15, -0.1) is 0 Å². The minimum atomic E-state index is -3.48. The fourth-order valence-corrected chi connectivity index (χ4v) is 6.29. The van der Waals surface area contributed by atoms with Crippen molar-refractivity contribution in [3.8, 4) is 0 Å². The number of aliphatic hydroxyl groups is 4. The summed E-state index contributed by atoms with van der Waals surface area (Å²) in [4.78, 5) is 26.9. The predicted octanol–water partition coefficient (Wildman–Crippen LogP) is -0.439. The van der Waals surface area contributed by atoms with E-state index >= 15 is 0 Å². The Balaban J connectivity index is 0.000000289. The summed E-state index contributed by atoms with van der Waals surface area (Å²) in [5, 5.41) is 45.4. The maximum Gasteiger partial charge on any atom is 0.335 e. The highest BCUT2D eigenvalue weighted by Crippen LogP contribution is 2.39. The van der Waals surface area contributed by atoms with Gasteiger partial charge in [-0.05, 0) is 29.8 Å². The zero-order valence-electron chi connectivity index (χ0n) is 23.7. The topological polar surface area (TPSA) is 224 Å². The standard InChI is InChI=1S/C23H24N4O3S.C6H10O7/c1-26(21-10-9-20-22-18(21)3-2-4-19(22)23(24)25-20)15-16-5-7-17(8-6-16)31(28,29)27-11-13-30-14-12-27;7-1-2(8)3(9)4(10)5(11)6(12)13/h2-10H,11-15H2,1H3,(H2,24,25);1-5,8-11H,(H,12,13)/t;2-,3+,4-,5-/m.0/s1. The number of sulfonamides is 1. The van der Waals surface area contributed by atoms with E-state index < -0.39 is 40.4 Å². The molecule has 2 aliphatic rings. The fraction of sp³-hybridized carbons (Fsp3) is 0.345. The summed E-state index contributed by atoms with van der Waals surface area (Å²) < 4.78 is 32.4. The van der Waals surface area contributed by atoms with Gasteiger partial charge in [0.15, 0.2) is 12.4 Å². The van der Waals surface area contributed by atoms with E-state index in [1.54, 1.807) is 12.1 Å². The molecular formula is C29H34N4O10S. The Kier molecular flexibility index (Phi) is 10.3. The minimum Gasteiger partial charge on any atom is -0.479 e. The third-order valence-corrected chi connectivity index (χ3v) is 9.20. The summed E-state index contributed by atoms with van der Waals surface area (Å²) in [6.45, 7) is 2.31. The molecule has 0 unspecified atom stereocenters. The van der Waals surface area contributed by atoms with Crippen LogP contribution in [0.1, 0.15) is 11.1 Å². The van der Waals surface area contributed by atoms with Crippen LogP contribution < -0.4 is 10.6 Å². The van der Waals surface area contributed by atoms with Gasteiger partial charge in [0, 0.05) is 48.7 Å². The van der Waals surface area contributed by atoms with Crippen LogP contribution in [0.3, 0.4) is 0 Å². The van der Waals surface area contributed by atoms with Crippen LogP contribution in [-0.2, 0) is 30.9 Å². The number of hydrogen-bond donors (Lipinski definition) is 6. The number of carbonyl (C=O) groups excluding carboxylic acids is 1. The number of morpholine rings is 1. The van der Waals surface area contributed by atoms with Crippen molar-refractivity contribution >= 4 is 50.3 Å². The average molecular weight is 631 g/mol. The Labute approximate surface area is 253 Å². The summed E-state index contributed by atoms with van der Waals surface area (Å²) in [6, 6.07) is 17.3. The molecule has 236 valence electrons. The van der Waals surface area contributed by atoms with Crippen LogP contribution in [-0.4, -0.2) is 114 Å². The number of carboxylic acids is 1. The van der Waals surface area contributed by atoms with E-state index in [2.05, 4.69) is 22.0 Å². The van der Waals surface area contributed by atoms with Gasteiger partial charge in [-0.1, -0.05) is 30.3 Å². The molecule has 0 bridgehead atoms. The normalized spacial score (nSPS) is 17.5. The average Bonchev–Trinajstić information content (AvgIpc) is 3.36. The third kappa shape index (κ3) is 6.89. The van der Waals surface area contributed by atoms with Crippen molar-refractivity contribution in [2.45, 2.75) is 35.9 Å². The van der Waals surface area contributed by atoms with Crippen LogP contribution in [0.25, 0.3) is 10.8 Å². The number of aliphatic hydroxyl groups excluding tert-OH is 4. The van der Waals surface area contributed by atoms with E-state index in [0.29, 0.717) is 43.6 Å². The summed E-state index contributed by atoms with van der Waals surface area (Å²) >= 11 is 0. The van der Waals surface area contributed by atoms with Crippen LogP contribution >= 0.6 is 0 Å². The first-order valence-corrected chi connectivity index (χ1v) is 15.0. The number of rotatable bonds is 10. The van der Waals surface area contributed by atoms with E-state index in [9.17, 15) is 18.0 Å². The molecule has 5 rings (SSSR count). The van der Waals surface area contributed by atoms with Crippen LogP contribution in [0.4, 0.5) is 11.4 Å². The molecule has 1 fully saturated rings. The van der Waals surface area contributed by atoms with Gasteiger partial charge in [0.2, 0.25) is 10.0 Å². The number of nitrogens with zero attached hydrogens (tertiary/aromatic N) is 3. The molecule has 15 heteroatoms. The number of nitrogens with two attached hydrogens (primary N) is 1. The Morgan fingerprint density at radius 3 is 2.32 bits per heavy atom. The highest BCUT2D eigenvalue weighted by Gasteiger charge is 2.34. The van der Waals surface area contributed by atoms with E-state index in [-0.39, 0.29) is 6.29 Å². The molecule has 3 aromatic rings. The quantitative estimate of drug-likeness (QED) is 0.157. The van der Waals surface area contributed by atoms with Crippen LogP contribution in [0.15, 0.2) is 64.5 Å². The Bertz CT molecular complexity index is 1640. The first-order chi connectivity index (χ1) is 20.9. The van der Waals surface area contributed by atoms with Gasteiger partial charge in [0.05, 0.1) is 23.8 Å². The molecule has 7 N–H and O–H groups in total. The number of aldehydes is 1. The van der Waals surface area contributed by atoms with Crippen molar-refractivity contribution in [1.82, 2.24) is 4.31 Å². The number of benzene rings is 3. The molecule has 0 aromatic heterocycles. The number of aliphatic imine (C=N–C) groups is 1. The fourth-order valence-electron chi connectivity index (χ4n) is 4.88. The second kappa shape index (κ2) is 13.8. The number of amidine groups is 1. The zero-order valence-corrected chi connectivity index (χ0v) is 24.5. The summed E-state index contributed by atoms with van der Waals surface area (Å²) in [7, 11) is -1.45. The zero-order chi connectivity index (χ0) is 32.2. The molecule has 14 nitrogen and oxygen atoms in total. The van der Waals surface area contributed by atoms with E-state index in [0.717, 1.165) is 33.3 Å². The lowest BCUT2D eigenvalue weighted by molar-refractivity contribution is -0.163. The summed E-state index contributed by atoms with van der Waals surface area (Å²) in [5.41, 5.74) is 10.1. The maximum absolute atomic E-state index is 12.8. The van der Waals surface area contributed by atoms with Gasteiger partial charge in [-0.3, -0.25) is 0 Å². The first-order valence-electron chi connectivity index (χ1n) is 13.6. The number of carbonyl (C=O) groups is 2. The van der Waals surface area contributed by atoms with Crippen molar-refractivity contribution in [3.63, 3.8) is 0 Å². The molecule has 2 aliphatic heterocycles. The van der Waals surface area contributed by atoms with Crippen LogP contribution in [0.5, 0.6) is 0 Å². The Morgan fingerprint density at radius 1 is 1.05 bits per heavy atom. The van der Waals surface area contributed by atoms with Gasteiger partial charge in [-0.25, -0.2) is 18.2 Å². The highest BCUT2D eigenvalue weighted by molar-refractivity contribution is 7.89. The van der Waals surface area contributed by atoms with E-state index in [1.807, 2.05) is 37.4 Å². The van der Waals surface area contributed by atoms with Crippen molar-refractivity contribution in [1.29, 1.82) is 0 Å². The van der Waals surface area contributed by atoms with Gasteiger partial charge < -0.3 is 45.7 Å². The van der Waals surface area contributed by atoms with Crippen LogP contribution in [0.2, 0.25) is 0 Å². The SMILES string of the molecule is CN(Cc1ccc(S(=O)(=O)N2CCOCC2)cc1)c1ccc2c3c(cccc13)C(N)=N2.O=C[C@H](O)[C@@H](O)[C@H](O)[C@H](O)C(=O)O. The summed E-state index contributed by atoms with van der Waals surface area (Å²) in [5.74, 6) is -1.21. The van der Waals surface area contributed by atoms with Gasteiger partial charge in [-0.2, -0.15) is 4.31 Å². The number of hydrogen-bond acceptors (Lipinski definition) is 12. The number of carboxylic acid groups (broad SMARTS) is 1. The molecule has 44 heavy (non-hydrogen) atoms. The van der Waals surface area contributed by atoms with Gasteiger partial charge in [0.1, 0.15) is 24.1 Å². The molecule has 3 aromatic carbocycles. The van der Waals surface area contributed by atoms with Crippen molar-refractivity contribution in [3.05, 3.63) is 65.7 Å². The van der Waals surface area contributed by atoms with E-state index in [4.69, 9.17) is 36.0 Å². The largest absolute Gasteiger partial charge is 0.479 e. The number of ether oxygens (including phenoxy) is 1. The molecule has 0 amide bonds. The predicted molar refractivity (Wildman–Crippen MR) is 160 cm³/mol. The Morgan fingerprint density at radius 2 is 1.70 bits per heavy atom. The van der Waals surface area contributed by atoms with Crippen molar-refractivity contribution < 1.29 is 48.3 Å². The summed E-state index contributed by atoms with van der Waals surface area (Å²) in [6.07, 6.45) is -8.39. The maximum atomic E-state index is 12.8. The smallest absolute Gasteiger partial charge is 0.335 e. The lowest BCUT2D eigenvalue weighted by Crippen LogP contribution is -2.48.